The summed E-state index contributed by atoms with van der Waals surface area (Å²) in [7, 11) is 1.59. The van der Waals surface area contributed by atoms with Crippen LogP contribution in [0.5, 0.6) is 11.5 Å². The van der Waals surface area contributed by atoms with Crippen LogP contribution in [0, 0.1) is 27.7 Å². The van der Waals surface area contributed by atoms with Crippen LogP contribution in [0.1, 0.15) is 28.2 Å². The molecule has 0 aliphatic carbocycles. The second-order valence-electron chi connectivity index (χ2n) is 7.52. The maximum atomic E-state index is 12.8. The van der Waals surface area contributed by atoms with Crippen molar-refractivity contribution in [2.45, 2.75) is 40.8 Å². The highest BCUT2D eigenvalue weighted by atomic mass is 16.5. The number of aromatic nitrogens is 2. The van der Waals surface area contributed by atoms with Gasteiger partial charge in [0.25, 0.3) is 5.56 Å². The number of methoxy groups -OCH3 is 1. The predicted molar refractivity (Wildman–Crippen MR) is 120 cm³/mol. The van der Waals surface area contributed by atoms with Gasteiger partial charge in [-0.3, -0.25) is 14.2 Å². The molecule has 1 N–H and O–H groups in total. The first kappa shape index (κ1) is 22.1. The maximum Gasteiger partial charge on any atom is 0.254 e. The number of ether oxygens (including phenoxy) is 2. The van der Waals surface area contributed by atoms with Gasteiger partial charge in [-0.15, -0.1) is 0 Å². The van der Waals surface area contributed by atoms with E-state index < -0.39 is 0 Å². The first-order chi connectivity index (χ1) is 14.8. The molecule has 0 saturated heterocycles. The Labute approximate surface area is 181 Å². The van der Waals surface area contributed by atoms with Crippen LogP contribution in [0.15, 0.2) is 47.3 Å². The van der Waals surface area contributed by atoms with Gasteiger partial charge in [-0.1, -0.05) is 17.7 Å². The summed E-state index contributed by atoms with van der Waals surface area (Å²) in [5, 5.41) is 2.93. The van der Waals surface area contributed by atoms with Crippen molar-refractivity contribution in [3.05, 3.63) is 81.0 Å². The molecule has 0 saturated carbocycles. The maximum absolute atomic E-state index is 12.8. The van der Waals surface area contributed by atoms with Crippen LogP contribution < -0.4 is 20.3 Å². The second-order valence-corrected chi connectivity index (χ2v) is 7.52. The quantitative estimate of drug-likeness (QED) is 0.629. The molecule has 0 spiro atoms. The number of hydrogen-bond acceptors (Lipinski definition) is 5. The van der Waals surface area contributed by atoms with Crippen molar-refractivity contribution in [2.75, 3.05) is 12.4 Å². The molecule has 3 aromatic rings. The van der Waals surface area contributed by atoms with Crippen molar-refractivity contribution >= 4 is 11.6 Å². The van der Waals surface area contributed by atoms with Crippen molar-refractivity contribution in [3.8, 4) is 11.5 Å². The standard InChI is InChI=1S/C24H27N3O4/c1-15-10-16(2)24(17(3)11-15)26-22(28)13-27-21(25-18(4)12-23(27)29)14-31-20-8-6-19(30-5)7-9-20/h6-12H,13-14H2,1-5H3,(H,26,28). The zero-order chi connectivity index (χ0) is 22.5. The molecule has 0 bridgehead atoms. The monoisotopic (exact) mass is 421 g/mol. The number of carbonyl (C=O) groups is 1. The van der Waals surface area contributed by atoms with E-state index in [1.807, 2.05) is 32.9 Å². The van der Waals surface area contributed by atoms with Gasteiger partial charge in [0.05, 0.1) is 7.11 Å². The third-order valence-electron chi connectivity index (χ3n) is 4.89. The van der Waals surface area contributed by atoms with Gasteiger partial charge in [0.2, 0.25) is 5.91 Å². The van der Waals surface area contributed by atoms with E-state index in [-0.39, 0.29) is 24.6 Å². The minimum absolute atomic E-state index is 0.0547. The van der Waals surface area contributed by atoms with E-state index in [1.165, 1.54) is 10.6 Å². The Balaban J connectivity index is 1.79. The molecule has 0 aliphatic rings. The fourth-order valence-electron chi connectivity index (χ4n) is 3.48. The normalized spacial score (nSPS) is 10.6. The highest BCUT2D eigenvalue weighted by Crippen LogP contribution is 2.22. The molecule has 0 radical (unpaired) electrons. The average Bonchev–Trinajstić information content (AvgIpc) is 2.71. The Morgan fingerprint density at radius 3 is 2.23 bits per heavy atom. The zero-order valence-electron chi connectivity index (χ0n) is 18.5. The molecule has 1 heterocycles. The summed E-state index contributed by atoms with van der Waals surface area (Å²) < 4.78 is 12.3. The molecule has 7 nitrogen and oxygen atoms in total. The molecule has 1 amide bonds. The van der Waals surface area contributed by atoms with Gasteiger partial charge in [0.1, 0.15) is 30.5 Å². The van der Waals surface area contributed by atoms with E-state index in [4.69, 9.17) is 9.47 Å². The average molecular weight is 421 g/mol. The number of amides is 1. The number of nitrogens with one attached hydrogen (secondary N) is 1. The van der Waals surface area contributed by atoms with Gasteiger partial charge in [0, 0.05) is 17.4 Å². The number of carbonyl (C=O) groups excluding carboxylic acids is 1. The fourth-order valence-corrected chi connectivity index (χ4v) is 3.48. The number of nitrogens with zero attached hydrogens (tertiary/aromatic N) is 2. The minimum Gasteiger partial charge on any atom is -0.497 e. The van der Waals surface area contributed by atoms with Crippen LogP contribution in [-0.2, 0) is 17.9 Å². The SMILES string of the molecule is COc1ccc(OCc2nc(C)cc(=O)n2CC(=O)Nc2c(C)cc(C)cc2C)cc1. The highest BCUT2D eigenvalue weighted by molar-refractivity contribution is 5.92. The topological polar surface area (TPSA) is 82.5 Å². The molecule has 0 aliphatic heterocycles. The van der Waals surface area contributed by atoms with Crippen LogP contribution in [0.25, 0.3) is 0 Å². The molecule has 3 rings (SSSR count). The smallest absolute Gasteiger partial charge is 0.254 e. The van der Waals surface area contributed by atoms with E-state index in [0.29, 0.717) is 17.3 Å². The van der Waals surface area contributed by atoms with Crippen LogP contribution in [0.3, 0.4) is 0 Å². The molecule has 162 valence electrons. The van der Waals surface area contributed by atoms with E-state index in [2.05, 4.69) is 10.3 Å². The van der Waals surface area contributed by atoms with Gasteiger partial charge >= 0.3 is 0 Å². The number of anilines is 1. The molecular formula is C24H27N3O4. The molecule has 2 aromatic carbocycles. The van der Waals surface area contributed by atoms with Crippen LogP contribution in [0.2, 0.25) is 0 Å². The summed E-state index contributed by atoms with van der Waals surface area (Å²) in [5.41, 5.74) is 4.12. The van der Waals surface area contributed by atoms with Crippen molar-refractivity contribution in [3.63, 3.8) is 0 Å². The van der Waals surface area contributed by atoms with E-state index in [0.717, 1.165) is 28.1 Å². The number of aryl methyl sites for hydroxylation is 4. The van der Waals surface area contributed by atoms with Crippen molar-refractivity contribution < 1.29 is 14.3 Å². The van der Waals surface area contributed by atoms with Gasteiger partial charge in [0.15, 0.2) is 0 Å². The third kappa shape index (κ3) is 5.51. The number of hydrogen-bond donors (Lipinski definition) is 1. The molecule has 1 aromatic heterocycles. The summed E-state index contributed by atoms with van der Waals surface area (Å²) in [4.78, 5) is 29.8. The lowest BCUT2D eigenvalue weighted by Gasteiger charge is -2.16. The van der Waals surface area contributed by atoms with Gasteiger partial charge in [-0.25, -0.2) is 4.98 Å². The largest absolute Gasteiger partial charge is 0.497 e. The lowest BCUT2D eigenvalue weighted by atomic mass is 10.1. The third-order valence-corrected chi connectivity index (χ3v) is 4.89. The summed E-state index contributed by atoms with van der Waals surface area (Å²) >= 11 is 0. The summed E-state index contributed by atoms with van der Waals surface area (Å²) in [6, 6.07) is 12.5. The second kappa shape index (κ2) is 9.47. The van der Waals surface area contributed by atoms with E-state index in [1.54, 1.807) is 38.3 Å². The number of rotatable bonds is 7. The van der Waals surface area contributed by atoms with Crippen molar-refractivity contribution in [1.82, 2.24) is 9.55 Å². The Bertz CT molecular complexity index is 1130. The first-order valence-corrected chi connectivity index (χ1v) is 9.98. The molecule has 0 unspecified atom stereocenters. The first-order valence-electron chi connectivity index (χ1n) is 9.98. The number of benzene rings is 2. The van der Waals surface area contributed by atoms with Crippen LogP contribution >= 0.6 is 0 Å². The van der Waals surface area contributed by atoms with E-state index >= 15 is 0 Å². The highest BCUT2D eigenvalue weighted by Gasteiger charge is 2.14. The Hall–Kier alpha value is -3.61. The predicted octanol–water partition coefficient (Wildman–Crippen LogP) is 3.70. The molecule has 7 heteroatoms. The molecule has 31 heavy (non-hydrogen) atoms. The molecule has 0 fully saturated rings. The van der Waals surface area contributed by atoms with E-state index in [9.17, 15) is 9.59 Å². The Morgan fingerprint density at radius 1 is 1.00 bits per heavy atom. The van der Waals surface area contributed by atoms with Gasteiger partial charge in [-0.05, 0) is 63.1 Å². The molecule has 0 atom stereocenters. The fraction of sp³-hybridized carbons (Fsp3) is 0.292. The zero-order valence-corrected chi connectivity index (χ0v) is 18.5. The lowest BCUT2D eigenvalue weighted by molar-refractivity contribution is -0.116. The van der Waals surface area contributed by atoms with Gasteiger partial charge in [-0.2, -0.15) is 0 Å². The minimum atomic E-state index is -0.298. The summed E-state index contributed by atoms with van der Waals surface area (Å²) in [6.45, 7) is 7.55. The Kier molecular flexibility index (Phi) is 6.74. The van der Waals surface area contributed by atoms with Crippen molar-refractivity contribution in [1.29, 1.82) is 0 Å². The van der Waals surface area contributed by atoms with Crippen molar-refractivity contribution in [2.24, 2.45) is 0 Å². The van der Waals surface area contributed by atoms with Crippen LogP contribution in [0.4, 0.5) is 5.69 Å². The summed E-state index contributed by atoms with van der Waals surface area (Å²) in [5.74, 6) is 1.41. The molecular weight excluding hydrogens is 394 g/mol. The van der Waals surface area contributed by atoms with Gasteiger partial charge < -0.3 is 14.8 Å². The van der Waals surface area contributed by atoms with Crippen LogP contribution in [-0.4, -0.2) is 22.6 Å². The summed E-state index contributed by atoms with van der Waals surface area (Å²) in [6.07, 6.45) is 0. The Morgan fingerprint density at radius 2 is 1.61 bits per heavy atom. The lowest BCUT2D eigenvalue weighted by Crippen LogP contribution is -2.32.